The van der Waals surface area contributed by atoms with Crippen molar-refractivity contribution >= 4 is 21.4 Å². The van der Waals surface area contributed by atoms with Gasteiger partial charge in [0.25, 0.3) is 15.7 Å². The molecule has 1 aromatic carbocycles. The van der Waals surface area contributed by atoms with Crippen molar-refractivity contribution in [3.63, 3.8) is 0 Å². The van der Waals surface area contributed by atoms with Gasteiger partial charge in [0.1, 0.15) is 0 Å². The zero-order valence-electron chi connectivity index (χ0n) is 13.4. The predicted molar refractivity (Wildman–Crippen MR) is 89.5 cm³/mol. The van der Waals surface area contributed by atoms with Crippen LogP contribution >= 0.6 is 0 Å². The molecule has 128 valence electrons. The number of hydrogen-bond acceptors (Lipinski definition) is 4. The minimum absolute atomic E-state index is 0.0130. The first kappa shape index (κ1) is 15.7. The van der Waals surface area contributed by atoms with Gasteiger partial charge in [-0.05, 0) is 56.1 Å². The number of benzene rings is 1. The van der Waals surface area contributed by atoms with Gasteiger partial charge < -0.3 is 0 Å². The third kappa shape index (κ3) is 2.06. The van der Waals surface area contributed by atoms with Gasteiger partial charge in [-0.2, -0.15) is 12.8 Å². The minimum Gasteiger partial charge on any atom is -0.258 e. The van der Waals surface area contributed by atoms with Gasteiger partial charge in [-0.1, -0.05) is 12.8 Å². The van der Waals surface area contributed by atoms with E-state index in [1.807, 2.05) is 0 Å². The molecule has 0 atom stereocenters. The molecule has 0 aliphatic heterocycles. The quantitative estimate of drug-likeness (QED) is 0.613. The number of hydrogen-bond donors (Lipinski definition) is 0. The maximum atomic E-state index is 12.7. The van der Waals surface area contributed by atoms with Gasteiger partial charge in [0.15, 0.2) is 0 Å². The van der Waals surface area contributed by atoms with Crippen LogP contribution in [0.4, 0.5) is 5.69 Å². The molecule has 24 heavy (non-hydrogen) atoms. The summed E-state index contributed by atoms with van der Waals surface area (Å²) in [5.74, 6) is 0. The average molecular weight is 348 g/mol. The molecule has 0 saturated heterocycles. The van der Waals surface area contributed by atoms with E-state index in [9.17, 15) is 18.5 Å². The van der Waals surface area contributed by atoms with Crippen molar-refractivity contribution in [2.75, 3.05) is 0 Å². The van der Waals surface area contributed by atoms with Crippen molar-refractivity contribution < 1.29 is 13.3 Å². The van der Waals surface area contributed by atoms with E-state index >= 15 is 0 Å². The SMILES string of the molecule is O=[N+]([O-])c1ccc(S(=O)(=O)/N=C2\CCC3(CCC3)C23CCC3)cc1. The summed E-state index contributed by atoms with van der Waals surface area (Å²) in [6.45, 7) is 0. The van der Waals surface area contributed by atoms with Crippen molar-refractivity contribution in [3.8, 4) is 0 Å². The van der Waals surface area contributed by atoms with Crippen LogP contribution in [0.3, 0.4) is 0 Å². The van der Waals surface area contributed by atoms with Crippen LogP contribution in [0.15, 0.2) is 33.6 Å². The van der Waals surface area contributed by atoms with E-state index in [0.29, 0.717) is 5.41 Å². The lowest BCUT2D eigenvalue weighted by atomic mass is 9.47. The normalized spacial score (nSPS) is 25.6. The smallest absolute Gasteiger partial charge is 0.258 e. The number of rotatable bonds is 3. The van der Waals surface area contributed by atoms with Gasteiger partial charge >= 0.3 is 0 Å². The zero-order chi connectivity index (χ0) is 17.0. The molecule has 4 rings (SSSR count). The van der Waals surface area contributed by atoms with E-state index in [1.165, 1.54) is 43.5 Å². The maximum absolute atomic E-state index is 12.7. The third-order valence-electron chi connectivity index (χ3n) is 6.50. The predicted octanol–water partition coefficient (Wildman–Crippen LogP) is 3.86. The molecule has 6 nitrogen and oxygen atoms in total. The van der Waals surface area contributed by atoms with Crippen LogP contribution in [0.1, 0.15) is 51.4 Å². The molecule has 0 aromatic heterocycles. The molecular formula is C17H20N2O4S. The van der Waals surface area contributed by atoms with Gasteiger partial charge in [0, 0.05) is 23.3 Å². The standard InChI is InChI=1S/C17H20N2O4S/c20-19(21)13-3-5-14(6-4-13)24(22,23)18-15-7-12-16(8-1-9-16)17(15)10-2-11-17/h3-6H,1-2,7-12H2/b18-15+. The highest BCUT2D eigenvalue weighted by molar-refractivity contribution is 7.90. The summed E-state index contributed by atoms with van der Waals surface area (Å²) in [5, 5.41) is 10.7. The summed E-state index contributed by atoms with van der Waals surface area (Å²) in [5.41, 5.74) is 1.05. The van der Waals surface area contributed by atoms with E-state index in [-0.39, 0.29) is 16.0 Å². The second-order valence-corrected chi connectivity index (χ2v) is 8.94. The third-order valence-corrected chi connectivity index (χ3v) is 7.83. The Morgan fingerprint density at radius 3 is 2.08 bits per heavy atom. The van der Waals surface area contributed by atoms with E-state index in [4.69, 9.17) is 0 Å². The number of sulfonamides is 1. The molecule has 3 aliphatic rings. The Morgan fingerprint density at radius 1 is 1.00 bits per heavy atom. The fourth-order valence-corrected chi connectivity index (χ4v) is 6.04. The fraction of sp³-hybridized carbons (Fsp3) is 0.588. The highest BCUT2D eigenvalue weighted by Crippen LogP contribution is 2.69. The summed E-state index contributed by atoms with van der Waals surface area (Å²) in [6, 6.07) is 4.99. The summed E-state index contributed by atoms with van der Waals surface area (Å²) in [4.78, 5) is 10.2. The maximum Gasteiger partial charge on any atom is 0.282 e. The summed E-state index contributed by atoms with van der Waals surface area (Å²) >= 11 is 0. The van der Waals surface area contributed by atoms with Crippen molar-refractivity contribution in [3.05, 3.63) is 34.4 Å². The summed E-state index contributed by atoms with van der Waals surface area (Å²) in [6.07, 6.45) is 8.73. The van der Waals surface area contributed by atoms with E-state index in [2.05, 4.69) is 4.40 Å². The molecule has 0 amide bonds. The first-order valence-corrected chi connectivity index (χ1v) is 9.92. The van der Waals surface area contributed by atoms with Crippen molar-refractivity contribution in [1.29, 1.82) is 0 Å². The van der Waals surface area contributed by atoms with Crippen LogP contribution in [-0.4, -0.2) is 19.1 Å². The molecule has 2 spiro atoms. The Kier molecular flexibility index (Phi) is 3.36. The van der Waals surface area contributed by atoms with Crippen LogP contribution in [0.2, 0.25) is 0 Å². The molecule has 0 unspecified atom stereocenters. The summed E-state index contributed by atoms with van der Waals surface area (Å²) < 4.78 is 29.5. The van der Waals surface area contributed by atoms with Crippen LogP contribution < -0.4 is 0 Å². The molecule has 7 heteroatoms. The van der Waals surface area contributed by atoms with Gasteiger partial charge in [0.2, 0.25) is 0 Å². The molecule has 3 fully saturated rings. The van der Waals surface area contributed by atoms with Crippen molar-refractivity contribution in [1.82, 2.24) is 0 Å². The highest BCUT2D eigenvalue weighted by atomic mass is 32.2. The average Bonchev–Trinajstić information content (AvgIpc) is 2.81. The summed E-state index contributed by atoms with van der Waals surface area (Å²) in [7, 11) is -3.80. The largest absolute Gasteiger partial charge is 0.282 e. The molecule has 1 aromatic rings. The zero-order valence-corrected chi connectivity index (χ0v) is 14.2. The molecular weight excluding hydrogens is 328 g/mol. The topological polar surface area (TPSA) is 89.6 Å². The van der Waals surface area contributed by atoms with Crippen LogP contribution in [0.25, 0.3) is 0 Å². The van der Waals surface area contributed by atoms with Crippen LogP contribution in [-0.2, 0) is 10.0 Å². The second kappa shape index (κ2) is 5.12. The van der Waals surface area contributed by atoms with Crippen LogP contribution in [0, 0.1) is 20.9 Å². The number of nitro benzene ring substituents is 1. The first-order chi connectivity index (χ1) is 11.4. The molecule has 3 saturated carbocycles. The Bertz CT molecular complexity index is 819. The van der Waals surface area contributed by atoms with Crippen LogP contribution in [0.5, 0.6) is 0 Å². The number of fused-ring (bicyclic) bond motifs is 1. The van der Waals surface area contributed by atoms with Gasteiger partial charge in [-0.25, -0.2) is 0 Å². The first-order valence-electron chi connectivity index (χ1n) is 8.48. The molecule has 0 radical (unpaired) electrons. The molecule has 0 heterocycles. The lowest BCUT2D eigenvalue weighted by Crippen LogP contribution is -2.50. The lowest BCUT2D eigenvalue weighted by Gasteiger charge is -2.57. The molecule has 0 N–H and O–H groups in total. The highest BCUT2D eigenvalue weighted by Gasteiger charge is 2.63. The van der Waals surface area contributed by atoms with E-state index < -0.39 is 14.9 Å². The Hall–Kier alpha value is -1.76. The number of non-ortho nitro benzene ring substituents is 1. The van der Waals surface area contributed by atoms with E-state index in [1.54, 1.807) is 0 Å². The Balaban J connectivity index is 1.68. The minimum atomic E-state index is -3.80. The Morgan fingerprint density at radius 2 is 1.62 bits per heavy atom. The van der Waals surface area contributed by atoms with Gasteiger partial charge in [0.05, 0.1) is 9.82 Å². The van der Waals surface area contributed by atoms with Gasteiger partial charge in [-0.3, -0.25) is 10.1 Å². The monoisotopic (exact) mass is 348 g/mol. The number of nitrogens with zero attached hydrogens (tertiary/aromatic N) is 2. The Labute approximate surface area is 141 Å². The van der Waals surface area contributed by atoms with Crippen molar-refractivity contribution in [2.45, 2.75) is 56.3 Å². The lowest BCUT2D eigenvalue weighted by molar-refractivity contribution is -0.384. The van der Waals surface area contributed by atoms with Gasteiger partial charge in [-0.15, -0.1) is 0 Å². The molecule has 3 aliphatic carbocycles. The fourth-order valence-electron chi connectivity index (χ4n) is 4.89. The number of nitro groups is 1. The molecule has 0 bridgehead atoms. The van der Waals surface area contributed by atoms with E-state index in [0.717, 1.165) is 37.8 Å². The second-order valence-electron chi connectivity index (χ2n) is 7.33. The van der Waals surface area contributed by atoms with Crippen molar-refractivity contribution in [2.24, 2.45) is 15.2 Å².